The van der Waals surface area contributed by atoms with E-state index in [0.717, 1.165) is 16.6 Å². The van der Waals surface area contributed by atoms with Gasteiger partial charge in [-0.15, -0.1) is 0 Å². The molecule has 0 unspecified atom stereocenters. The van der Waals surface area contributed by atoms with Crippen LogP contribution in [0.4, 0.5) is 10.5 Å². The second-order valence-corrected chi connectivity index (χ2v) is 5.13. The first-order chi connectivity index (χ1) is 11.7. The monoisotopic (exact) mass is 326 g/mol. The third-order valence-electron chi connectivity index (χ3n) is 3.58. The van der Waals surface area contributed by atoms with Gasteiger partial charge in [0.05, 0.1) is 31.6 Å². The Morgan fingerprint density at radius 2 is 1.96 bits per heavy atom. The number of carbonyl (C=O) groups is 1. The van der Waals surface area contributed by atoms with Gasteiger partial charge >= 0.3 is 6.03 Å². The van der Waals surface area contributed by atoms with Crippen molar-refractivity contribution in [3.8, 4) is 11.5 Å². The minimum Gasteiger partial charge on any atom is -0.493 e. The first-order valence-electron chi connectivity index (χ1n) is 7.38. The molecule has 7 nitrogen and oxygen atoms in total. The van der Waals surface area contributed by atoms with E-state index in [4.69, 9.17) is 9.47 Å². The van der Waals surface area contributed by atoms with Crippen molar-refractivity contribution in [2.75, 3.05) is 19.5 Å². The van der Waals surface area contributed by atoms with Gasteiger partial charge in [-0.05, 0) is 35.9 Å². The number of nitrogens with one attached hydrogen (secondary N) is 3. The van der Waals surface area contributed by atoms with Crippen LogP contribution in [0.1, 0.15) is 5.56 Å². The fourth-order valence-corrected chi connectivity index (χ4v) is 2.36. The number of amides is 2. The molecule has 0 radical (unpaired) electrons. The Hall–Kier alpha value is -3.22. The van der Waals surface area contributed by atoms with Crippen molar-refractivity contribution in [3.63, 3.8) is 0 Å². The Kier molecular flexibility index (Phi) is 4.51. The summed E-state index contributed by atoms with van der Waals surface area (Å²) < 4.78 is 10.4. The van der Waals surface area contributed by atoms with Crippen LogP contribution in [0, 0.1) is 0 Å². The van der Waals surface area contributed by atoms with E-state index in [1.807, 2.05) is 24.3 Å². The van der Waals surface area contributed by atoms with E-state index in [9.17, 15) is 4.79 Å². The molecule has 0 aliphatic heterocycles. The first kappa shape index (κ1) is 15.7. The largest absolute Gasteiger partial charge is 0.493 e. The number of hydrogen-bond acceptors (Lipinski definition) is 4. The molecule has 1 aromatic heterocycles. The smallest absolute Gasteiger partial charge is 0.319 e. The number of anilines is 1. The number of methoxy groups -OCH3 is 2. The van der Waals surface area contributed by atoms with Crippen molar-refractivity contribution in [2.45, 2.75) is 6.54 Å². The summed E-state index contributed by atoms with van der Waals surface area (Å²) in [6, 6.07) is 10.7. The lowest BCUT2D eigenvalue weighted by atomic mass is 10.2. The molecule has 0 fully saturated rings. The summed E-state index contributed by atoms with van der Waals surface area (Å²) in [7, 11) is 3.16. The van der Waals surface area contributed by atoms with Crippen LogP contribution in [0.5, 0.6) is 11.5 Å². The van der Waals surface area contributed by atoms with E-state index in [-0.39, 0.29) is 6.03 Å². The number of aromatic amines is 1. The zero-order valence-corrected chi connectivity index (χ0v) is 13.4. The fourth-order valence-electron chi connectivity index (χ4n) is 2.36. The molecular weight excluding hydrogens is 308 g/mol. The number of carbonyl (C=O) groups excluding carboxylic acids is 1. The van der Waals surface area contributed by atoms with Crippen molar-refractivity contribution in [1.82, 2.24) is 15.3 Å². The SMILES string of the molecule is COc1ccc(CNC(=O)Nc2ccc3nc[nH]c3c2)cc1OC. The maximum absolute atomic E-state index is 12.0. The van der Waals surface area contributed by atoms with Crippen LogP contribution in [0.25, 0.3) is 11.0 Å². The van der Waals surface area contributed by atoms with Gasteiger partial charge < -0.3 is 25.1 Å². The van der Waals surface area contributed by atoms with Crippen molar-refractivity contribution in [1.29, 1.82) is 0 Å². The van der Waals surface area contributed by atoms with E-state index in [2.05, 4.69) is 20.6 Å². The highest BCUT2D eigenvalue weighted by atomic mass is 16.5. The van der Waals surface area contributed by atoms with E-state index < -0.39 is 0 Å². The Balaban J connectivity index is 1.60. The standard InChI is InChI=1S/C17H18N4O3/c1-23-15-6-3-11(7-16(15)24-2)9-18-17(22)21-12-4-5-13-14(8-12)20-10-19-13/h3-8,10H,9H2,1-2H3,(H,19,20)(H2,18,21,22). The second kappa shape index (κ2) is 6.91. The van der Waals surface area contributed by atoms with Crippen LogP contribution in [0.2, 0.25) is 0 Å². The summed E-state index contributed by atoms with van der Waals surface area (Å²) in [4.78, 5) is 19.2. The molecule has 7 heteroatoms. The molecule has 1 heterocycles. The number of fused-ring (bicyclic) bond motifs is 1. The Bertz CT molecular complexity index is 860. The van der Waals surface area contributed by atoms with Crippen LogP contribution >= 0.6 is 0 Å². The molecule has 2 amide bonds. The normalized spacial score (nSPS) is 10.4. The van der Waals surface area contributed by atoms with Gasteiger partial charge in [0.1, 0.15) is 0 Å². The average Bonchev–Trinajstić information content (AvgIpc) is 3.07. The Labute approximate surface area is 139 Å². The lowest BCUT2D eigenvalue weighted by Crippen LogP contribution is -2.28. The lowest BCUT2D eigenvalue weighted by molar-refractivity contribution is 0.251. The Morgan fingerprint density at radius 3 is 2.75 bits per heavy atom. The van der Waals surface area contributed by atoms with Crippen molar-refractivity contribution < 1.29 is 14.3 Å². The van der Waals surface area contributed by atoms with Crippen LogP contribution in [0.3, 0.4) is 0 Å². The summed E-state index contributed by atoms with van der Waals surface area (Å²) >= 11 is 0. The minimum atomic E-state index is -0.288. The molecule has 0 saturated heterocycles. The van der Waals surface area contributed by atoms with Gasteiger partial charge in [-0.1, -0.05) is 6.07 Å². The van der Waals surface area contributed by atoms with Crippen LogP contribution in [0.15, 0.2) is 42.7 Å². The van der Waals surface area contributed by atoms with Gasteiger partial charge in [-0.3, -0.25) is 0 Å². The Morgan fingerprint density at radius 1 is 1.12 bits per heavy atom. The average molecular weight is 326 g/mol. The third kappa shape index (κ3) is 3.40. The molecule has 124 valence electrons. The van der Waals surface area contributed by atoms with E-state index in [1.54, 1.807) is 32.7 Å². The van der Waals surface area contributed by atoms with Gasteiger partial charge in [0.25, 0.3) is 0 Å². The molecule has 24 heavy (non-hydrogen) atoms. The van der Waals surface area contributed by atoms with E-state index >= 15 is 0 Å². The number of urea groups is 1. The minimum absolute atomic E-state index is 0.288. The molecule has 0 saturated carbocycles. The number of rotatable bonds is 5. The maximum Gasteiger partial charge on any atom is 0.319 e. The van der Waals surface area contributed by atoms with Gasteiger partial charge in [0.15, 0.2) is 11.5 Å². The van der Waals surface area contributed by atoms with Gasteiger partial charge in [-0.2, -0.15) is 0 Å². The number of benzene rings is 2. The predicted octanol–water partition coefficient (Wildman–Crippen LogP) is 2.90. The van der Waals surface area contributed by atoms with Crippen LogP contribution in [-0.2, 0) is 6.54 Å². The molecule has 3 N–H and O–H groups in total. The number of ether oxygens (including phenoxy) is 2. The topological polar surface area (TPSA) is 88.3 Å². The molecule has 0 atom stereocenters. The summed E-state index contributed by atoms with van der Waals surface area (Å²) in [5.74, 6) is 1.28. The van der Waals surface area contributed by atoms with Gasteiger partial charge in [0.2, 0.25) is 0 Å². The number of nitrogens with zero attached hydrogens (tertiary/aromatic N) is 1. The zero-order valence-electron chi connectivity index (χ0n) is 13.4. The zero-order chi connectivity index (χ0) is 16.9. The lowest BCUT2D eigenvalue weighted by Gasteiger charge is -2.11. The molecule has 0 spiro atoms. The fraction of sp³-hybridized carbons (Fsp3) is 0.176. The summed E-state index contributed by atoms with van der Waals surface area (Å²) in [6.45, 7) is 0.374. The highest BCUT2D eigenvalue weighted by Crippen LogP contribution is 2.27. The molecule has 0 aliphatic carbocycles. The number of imidazole rings is 1. The summed E-state index contributed by atoms with van der Waals surface area (Å²) in [6.07, 6.45) is 1.62. The second-order valence-electron chi connectivity index (χ2n) is 5.13. The quantitative estimate of drug-likeness (QED) is 0.672. The highest BCUT2D eigenvalue weighted by molar-refractivity contribution is 5.91. The summed E-state index contributed by atoms with van der Waals surface area (Å²) in [5, 5.41) is 5.60. The molecule has 3 rings (SSSR count). The third-order valence-corrected chi connectivity index (χ3v) is 3.58. The molecule has 2 aromatic carbocycles. The van der Waals surface area contributed by atoms with Crippen molar-refractivity contribution in [3.05, 3.63) is 48.3 Å². The van der Waals surface area contributed by atoms with Gasteiger partial charge in [-0.25, -0.2) is 9.78 Å². The summed E-state index contributed by atoms with van der Waals surface area (Å²) in [5.41, 5.74) is 3.32. The molecule has 0 aliphatic rings. The van der Waals surface area contributed by atoms with Crippen LogP contribution in [-0.4, -0.2) is 30.2 Å². The van der Waals surface area contributed by atoms with Crippen molar-refractivity contribution in [2.24, 2.45) is 0 Å². The number of H-pyrrole nitrogens is 1. The molecule has 0 bridgehead atoms. The maximum atomic E-state index is 12.0. The van der Waals surface area contributed by atoms with Gasteiger partial charge in [0, 0.05) is 12.2 Å². The highest BCUT2D eigenvalue weighted by Gasteiger charge is 2.07. The first-order valence-corrected chi connectivity index (χ1v) is 7.38. The van der Waals surface area contributed by atoms with E-state index in [0.29, 0.717) is 23.7 Å². The van der Waals surface area contributed by atoms with E-state index in [1.165, 1.54) is 0 Å². The van der Waals surface area contributed by atoms with Crippen LogP contribution < -0.4 is 20.1 Å². The van der Waals surface area contributed by atoms with Crippen molar-refractivity contribution >= 4 is 22.8 Å². The number of hydrogen-bond donors (Lipinski definition) is 3. The molecule has 3 aromatic rings. The number of aromatic nitrogens is 2. The molecular formula is C17H18N4O3. The predicted molar refractivity (Wildman–Crippen MR) is 91.5 cm³/mol.